The van der Waals surface area contributed by atoms with Crippen molar-refractivity contribution in [1.29, 1.82) is 0 Å². The van der Waals surface area contributed by atoms with Gasteiger partial charge < -0.3 is 4.74 Å². The van der Waals surface area contributed by atoms with E-state index in [1.54, 1.807) is 6.92 Å². The minimum Gasteiger partial charge on any atom is -0.460 e. The van der Waals surface area contributed by atoms with E-state index in [2.05, 4.69) is 4.98 Å². The van der Waals surface area contributed by atoms with E-state index >= 15 is 0 Å². The van der Waals surface area contributed by atoms with E-state index in [1.165, 1.54) is 0 Å². The molecule has 1 atom stereocenters. The van der Waals surface area contributed by atoms with Gasteiger partial charge in [0.1, 0.15) is 21.5 Å². The predicted octanol–water partition coefficient (Wildman–Crippen LogP) is 4.82. The van der Waals surface area contributed by atoms with Gasteiger partial charge >= 0.3 is 5.97 Å². The van der Waals surface area contributed by atoms with Crippen LogP contribution in [0.2, 0.25) is 5.15 Å². The van der Waals surface area contributed by atoms with E-state index in [9.17, 15) is 4.79 Å². The lowest BCUT2D eigenvalue weighted by Crippen LogP contribution is -2.21. The van der Waals surface area contributed by atoms with Crippen molar-refractivity contribution in [1.82, 2.24) is 4.98 Å². The standard InChI is InChI=1S/C16H14Cl3NO2/c1-9-3-4-10-6-11(13(17)20-12(10)5-9)7-22-14(21)15(2)8-16(15,18)19/h3-6H,7-8H2,1-2H3/t15-/m0/s1. The summed E-state index contributed by atoms with van der Waals surface area (Å²) in [5.74, 6) is -0.419. The quantitative estimate of drug-likeness (QED) is 0.448. The summed E-state index contributed by atoms with van der Waals surface area (Å²) in [7, 11) is 0. The van der Waals surface area contributed by atoms with Gasteiger partial charge in [0.15, 0.2) is 0 Å². The lowest BCUT2D eigenvalue weighted by atomic mass is 10.1. The van der Waals surface area contributed by atoms with Gasteiger partial charge in [-0.05, 0) is 31.5 Å². The normalized spacial score (nSPS) is 22.6. The maximum atomic E-state index is 12.1. The van der Waals surface area contributed by atoms with Crippen LogP contribution in [-0.2, 0) is 16.1 Å². The molecule has 2 aromatic rings. The monoisotopic (exact) mass is 357 g/mol. The Bertz CT molecular complexity index is 775. The summed E-state index contributed by atoms with van der Waals surface area (Å²) in [5.41, 5.74) is 1.74. The fraction of sp³-hybridized carbons (Fsp3) is 0.375. The lowest BCUT2D eigenvalue weighted by molar-refractivity contribution is -0.150. The Morgan fingerprint density at radius 3 is 2.68 bits per heavy atom. The Balaban J connectivity index is 1.78. The molecule has 1 aliphatic rings. The van der Waals surface area contributed by atoms with Crippen LogP contribution in [0.15, 0.2) is 24.3 Å². The fourth-order valence-electron chi connectivity index (χ4n) is 2.32. The van der Waals surface area contributed by atoms with E-state index in [1.807, 2.05) is 31.2 Å². The number of ether oxygens (including phenoxy) is 1. The second-order valence-corrected chi connectivity index (χ2v) is 7.77. The number of hydrogen-bond donors (Lipinski definition) is 0. The molecule has 0 bridgehead atoms. The first kappa shape index (κ1) is 15.9. The third kappa shape index (κ3) is 2.66. The molecule has 0 unspecified atom stereocenters. The minimum atomic E-state index is -1.03. The van der Waals surface area contributed by atoms with Gasteiger partial charge in [0, 0.05) is 17.4 Å². The lowest BCUT2D eigenvalue weighted by Gasteiger charge is -2.12. The average Bonchev–Trinajstić information content (AvgIpc) is 2.96. The molecular weight excluding hydrogens is 345 g/mol. The molecular formula is C16H14Cl3NO2. The maximum Gasteiger partial charge on any atom is 0.315 e. The molecule has 0 N–H and O–H groups in total. The van der Waals surface area contributed by atoms with Crippen LogP contribution in [0, 0.1) is 12.3 Å². The Hall–Kier alpha value is -1.03. The van der Waals surface area contributed by atoms with Crippen LogP contribution in [0.1, 0.15) is 24.5 Å². The molecule has 1 aliphatic carbocycles. The number of nitrogens with zero attached hydrogens (tertiary/aromatic N) is 1. The molecule has 0 spiro atoms. The molecule has 1 fully saturated rings. The molecule has 1 heterocycles. The van der Waals surface area contributed by atoms with Crippen molar-refractivity contribution in [3.8, 4) is 0 Å². The first-order valence-corrected chi connectivity index (χ1v) is 7.97. The molecule has 1 aromatic heterocycles. The maximum absolute atomic E-state index is 12.1. The number of carbonyl (C=O) groups is 1. The van der Waals surface area contributed by atoms with Crippen molar-refractivity contribution >= 4 is 51.7 Å². The summed E-state index contributed by atoms with van der Waals surface area (Å²) < 4.78 is 4.28. The summed E-state index contributed by atoms with van der Waals surface area (Å²) in [6.45, 7) is 3.73. The third-order valence-electron chi connectivity index (χ3n) is 4.07. The zero-order valence-corrected chi connectivity index (χ0v) is 14.4. The summed E-state index contributed by atoms with van der Waals surface area (Å²) in [5, 5.41) is 1.28. The van der Waals surface area contributed by atoms with Crippen molar-refractivity contribution in [2.75, 3.05) is 0 Å². The van der Waals surface area contributed by atoms with Crippen LogP contribution < -0.4 is 0 Å². The van der Waals surface area contributed by atoms with E-state index in [0.29, 0.717) is 17.1 Å². The Morgan fingerprint density at radius 1 is 1.36 bits per heavy atom. The predicted molar refractivity (Wildman–Crippen MR) is 88.4 cm³/mol. The number of pyridine rings is 1. The second-order valence-electron chi connectivity index (χ2n) is 5.92. The molecule has 22 heavy (non-hydrogen) atoms. The number of aryl methyl sites for hydroxylation is 1. The second kappa shape index (κ2) is 5.26. The number of aromatic nitrogens is 1. The minimum absolute atomic E-state index is 0.0495. The van der Waals surface area contributed by atoms with E-state index < -0.39 is 15.7 Å². The number of halogens is 3. The van der Waals surface area contributed by atoms with Crippen LogP contribution in [0.3, 0.4) is 0 Å². The number of fused-ring (bicyclic) bond motifs is 1. The number of hydrogen-bond acceptors (Lipinski definition) is 3. The van der Waals surface area contributed by atoms with E-state index in [-0.39, 0.29) is 6.61 Å². The smallest absolute Gasteiger partial charge is 0.315 e. The number of alkyl halides is 2. The molecule has 0 radical (unpaired) electrons. The molecule has 0 amide bonds. The summed E-state index contributed by atoms with van der Waals surface area (Å²) in [4.78, 5) is 16.4. The highest BCUT2D eigenvalue weighted by Crippen LogP contribution is 2.64. The Labute approximate surface area is 143 Å². The average molecular weight is 359 g/mol. The zero-order valence-electron chi connectivity index (χ0n) is 12.1. The van der Waals surface area contributed by atoms with Crippen molar-refractivity contribution in [3.05, 3.63) is 40.5 Å². The van der Waals surface area contributed by atoms with Gasteiger partial charge in [-0.2, -0.15) is 0 Å². The summed E-state index contributed by atoms with van der Waals surface area (Å²) in [6.07, 6.45) is 0.394. The molecule has 0 saturated heterocycles. The zero-order chi connectivity index (χ0) is 16.1. The van der Waals surface area contributed by atoms with Crippen molar-refractivity contribution < 1.29 is 9.53 Å². The molecule has 3 rings (SSSR count). The van der Waals surface area contributed by atoms with Gasteiger partial charge in [-0.1, -0.05) is 23.7 Å². The third-order valence-corrected chi connectivity index (χ3v) is 5.50. The van der Waals surface area contributed by atoms with Gasteiger partial charge in [0.05, 0.1) is 5.52 Å². The van der Waals surface area contributed by atoms with Gasteiger partial charge in [-0.15, -0.1) is 23.2 Å². The van der Waals surface area contributed by atoms with Gasteiger partial charge in [-0.3, -0.25) is 4.79 Å². The SMILES string of the molecule is Cc1ccc2cc(COC(=O)[C@]3(C)CC3(Cl)Cl)c(Cl)nc2c1. The summed E-state index contributed by atoms with van der Waals surface area (Å²) >= 11 is 18.1. The largest absolute Gasteiger partial charge is 0.460 e. The molecule has 116 valence electrons. The number of rotatable bonds is 3. The van der Waals surface area contributed by atoms with Crippen molar-refractivity contribution in [2.45, 2.75) is 31.2 Å². The molecule has 6 heteroatoms. The molecule has 1 aromatic carbocycles. The first-order valence-electron chi connectivity index (χ1n) is 6.84. The highest BCUT2D eigenvalue weighted by Gasteiger charge is 2.69. The summed E-state index contributed by atoms with van der Waals surface area (Å²) in [6, 6.07) is 7.79. The molecule has 1 saturated carbocycles. The van der Waals surface area contributed by atoms with Gasteiger partial charge in [0.2, 0.25) is 0 Å². The highest BCUT2D eigenvalue weighted by molar-refractivity contribution is 6.53. The van der Waals surface area contributed by atoms with E-state index in [0.717, 1.165) is 16.5 Å². The number of benzene rings is 1. The Morgan fingerprint density at radius 2 is 2.05 bits per heavy atom. The van der Waals surface area contributed by atoms with Crippen LogP contribution in [-0.4, -0.2) is 15.3 Å². The van der Waals surface area contributed by atoms with Gasteiger partial charge in [0.25, 0.3) is 0 Å². The highest BCUT2D eigenvalue weighted by atomic mass is 35.5. The number of esters is 1. The van der Waals surface area contributed by atoms with Crippen molar-refractivity contribution in [2.24, 2.45) is 5.41 Å². The van der Waals surface area contributed by atoms with Crippen LogP contribution in [0.5, 0.6) is 0 Å². The number of carbonyl (C=O) groups excluding carboxylic acids is 1. The van der Waals surface area contributed by atoms with Crippen LogP contribution in [0.4, 0.5) is 0 Å². The first-order chi connectivity index (χ1) is 10.2. The topological polar surface area (TPSA) is 39.2 Å². The van der Waals surface area contributed by atoms with Crippen LogP contribution in [0.25, 0.3) is 10.9 Å². The molecule has 3 nitrogen and oxygen atoms in total. The van der Waals surface area contributed by atoms with Crippen LogP contribution >= 0.6 is 34.8 Å². The van der Waals surface area contributed by atoms with Crippen molar-refractivity contribution in [3.63, 3.8) is 0 Å². The fourth-order valence-corrected chi connectivity index (χ4v) is 3.21. The Kier molecular flexibility index (Phi) is 3.79. The van der Waals surface area contributed by atoms with Gasteiger partial charge in [-0.25, -0.2) is 4.98 Å². The van der Waals surface area contributed by atoms with E-state index in [4.69, 9.17) is 39.5 Å². The molecule has 0 aliphatic heterocycles.